The van der Waals surface area contributed by atoms with Crippen LogP contribution in [0.3, 0.4) is 0 Å². The molecule has 2 N–H and O–H groups in total. The van der Waals surface area contributed by atoms with Gasteiger partial charge in [-0.05, 0) is 19.3 Å². The van der Waals surface area contributed by atoms with Crippen molar-refractivity contribution in [1.29, 1.82) is 0 Å². The summed E-state index contributed by atoms with van der Waals surface area (Å²) >= 11 is 3.34. The Morgan fingerprint density at radius 3 is 3.00 bits per heavy atom. The number of imidazole rings is 1. The molecule has 16 heavy (non-hydrogen) atoms. The first kappa shape index (κ1) is 13.2. The average Bonchev–Trinajstić information content (AvgIpc) is 2.78. The maximum absolute atomic E-state index is 11.3. The number of carbonyl (C=O) groups is 1. The van der Waals surface area contributed by atoms with E-state index < -0.39 is 0 Å². The number of unbranched alkanes of at least 4 members (excludes halogenated alkanes) is 1. The summed E-state index contributed by atoms with van der Waals surface area (Å²) in [5, 5.41) is 3.88. The molecular weight excluding hydrogens is 270 g/mol. The van der Waals surface area contributed by atoms with E-state index in [0.29, 0.717) is 6.42 Å². The van der Waals surface area contributed by atoms with E-state index in [9.17, 15) is 4.79 Å². The molecule has 1 amide bonds. The molecule has 0 aliphatic heterocycles. The third kappa shape index (κ3) is 5.90. The van der Waals surface area contributed by atoms with E-state index in [-0.39, 0.29) is 5.91 Å². The number of halogens is 1. The van der Waals surface area contributed by atoms with Crippen molar-refractivity contribution in [2.75, 3.05) is 11.9 Å². The molecule has 90 valence electrons. The summed E-state index contributed by atoms with van der Waals surface area (Å²) in [6.07, 6.45) is 8.01. The second-order valence-corrected chi connectivity index (χ2v) is 4.43. The van der Waals surface area contributed by atoms with Gasteiger partial charge in [-0.1, -0.05) is 15.9 Å². The first-order chi connectivity index (χ1) is 7.83. The minimum Gasteiger partial charge on any atom is -0.356 e. The molecule has 0 spiro atoms. The average molecular weight is 288 g/mol. The minimum absolute atomic E-state index is 0.153. The van der Waals surface area contributed by atoms with Gasteiger partial charge in [-0.15, -0.1) is 0 Å². The van der Waals surface area contributed by atoms with Crippen LogP contribution < -0.4 is 5.32 Å². The van der Waals surface area contributed by atoms with Crippen molar-refractivity contribution < 1.29 is 4.79 Å². The van der Waals surface area contributed by atoms with Crippen LogP contribution in [0.2, 0.25) is 0 Å². The van der Waals surface area contributed by atoms with Crippen LogP contribution in [0.4, 0.5) is 0 Å². The molecule has 1 heterocycles. The van der Waals surface area contributed by atoms with E-state index in [0.717, 1.165) is 43.4 Å². The van der Waals surface area contributed by atoms with Crippen molar-refractivity contribution in [1.82, 2.24) is 15.3 Å². The fourth-order valence-corrected chi connectivity index (χ4v) is 1.78. The summed E-state index contributed by atoms with van der Waals surface area (Å²) in [5.41, 5.74) is 0. The van der Waals surface area contributed by atoms with Crippen LogP contribution in [0.5, 0.6) is 0 Å². The Hall–Kier alpha value is -0.840. The van der Waals surface area contributed by atoms with Gasteiger partial charge in [-0.25, -0.2) is 4.98 Å². The lowest BCUT2D eigenvalue weighted by Crippen LogP contribution is -2.24. The summed E-state index contributed by atoms with van der Waals surface area (Å²) in [4.78, 5) is 18.5. The number of alkyl halides is 1. The van der Waals surface area contributed by atoms with Gasteiger partial charge < -0.3 is 10.3 Å². The van der Waals surface area contributed by atoms with Gasteiger partial charge in [0.2, 0.25) is 5.91 Å². The molecule has 0 aliphatic carbocycles. The quantitative estimate of drug-likeness (QED) is 0.568. The van der Waals surface area contributed by atoms with Gasteiger partial charge in [0.05, 0.1) is 0 Å². The number of hydrogen-bond donors (Lipinski definition) is 2. The zero-order chi connectivity index (χ0) is 11.6. The van der Waals surface area contributed by atoms with Crippen molar-refractivity contribution in [2.45, 2.75) is 32.1 Å². The van der Waals surface area contributed by atoms with Gasteiger partial charge in [0.15, 0.2) is 0 Å². The smallest absolute Gasteiger partial charge is 0.219 e. The van der Waals surface area contributed by atoms with Crippen molar-refractivity contribution in [3.8, 4) is 0 Å². The molecule has 4 nitrogen and oxygen atoms in total. The van der Waals surface area contributed by atoms with Crippen LogP contribution in [0.1, 0.15) is 31.5 Å². The SMILES string of the molecule is O=C(CCCCBr)NCCCc1ncc[nH]1. The van der Waals surface area contributed by atoms with Crippen LogP contribution in [0.15, 0.2) is 12.4 Å². The van der Waals surface area contributed by atoms with Crippen molar-refractivity contribution in [3.63, 3.8) is 0 Å². The molecule has 5 heteroatoms. The Kier molecular flexibility index (Phi) is 6.88. The predicted octanol–water partition coefficient (Wildman–Crippen LogP) is 2.02. The Morgan fingerprint density at radius 1 is 1.44 bits per heavy atom. The number of carbonyl (C=O) groups excluding carboxylic acids is 1. The zero-order valence-corrected chi connectivity index (χ0v) is 10.9. The Morgan fingerprint density at radius 2 is 2.31 bits per heavy atom. The molecule has 0 aromatic carbocycles. The van der Waals surface area contributed by atoms with Crippen LogP contribution in [-0.2, 0) is 11.2 Å². The third-order valence-electron chi connectivity index (χ3n) is 2.25. The molecule has 1 rings (SSSR count). The van der Waals surface area contributed by atoms with E-state index in [1.165, 1.54) is 0 Å². The number of rotatable bonds is 8. The van der Waals surface area contributed by atoms with Crippen LogP contribution in [0, 0.1) is 0 Å². The van der Waals surface area contributed by atoms with Crippen LogP contribution >= 0.6 is 15.9 Å². The zero-order valence-electron chi connectivity index (χ0n) is 9.34. The molecule has 0 saturated heterocycles. The van der Waals surface area contributed by atoms with E-state index in [1.54, 1.807) is 6.20 Å². The monoisotopic (exact) mass is 287 g/mol. The lowest BCUT2D eigenvalue weighted by Gasteiger charge is -2.03. The van der Waals surface area contributed by atoms with E-state index >= 15 is 0 Å². The predicted molar refractivity (Wildman–Crippen MR) is 67.6 cm³/mol. The molecule has 0 bridgehead atoms. The number of hydrogen-bond acceptors (Lipinski definition) is 2. The third-order valence-corrected chi connectivity index (χ3v) is 2.82. The molecule has 0 fully saturated rings. The van der Waals surface area contributed by atoms with Gasteiger partial charge in [-0.2, -0.15) is 0 Å². The highest BCUT2D eigenvalue weighted by Gasteiger charge is 2.00. The molecule has 1 aromatic rings. The summed E-state index contributed by atoms with van der Waals surface area (Å²) in [7, 11) is 0. The second-order valence-electron chi connectivity index (χ2n) is 3.64. The number of aromatic amines is 1. The molecule has 0 atom stereocenters. The molecule has 0 radical (unpaired) electrons. The van der Waals surface area contributed by atoms with Gasteiger partial charge in [0, 0.05) is 37.1 Å². The number of nitrogens with zero attached hydrogens (tertiary/aromatic N) is 1. The van der Waals surface area contributed by atoms with Crippen LogP contribution in [-0.4, -0.2) is 27.7 Å². The number of H-pyrrole nitrogens is 1. The fourth-order valence-electron chi connectivity index (χ4n) is 1.39. The van der Waals surface area contributed by atoms with Gasteiger partial charge in [0.25, 0.3) is 0 Å². The Labute approximate surface area is 104 Å². The van der Waals surface area contributed by atoms with E-state index in [4.69, 9.17) is 0 Å². The standard InChI is InChI=1S/C11H18BrN3O/c12-6-2-1-5-11(16)15-7-3-4-10-13-8-9-14-10/h8-9H,1-7H2,(H,13,14)(H,15,16). The Bertz CT molecular complexity index is 287. The maximum Gasteiger partial charge on any atom is 0.219 e. The number of nitrogens with one attached hydrogen (secondary N) is 2. The topological polar surface area (TPSA) is 57.8 Å². The van der Waals surface area contributed by atoms with Crippen molar-refractivity contribution in [3.05, 3.63) is 18.2 Å². The number of aromatic nitrogens is 2. The lowest BCUT2D eigenvalue weighted by molar-refractivity contribution is -0.121. The minimum atomic E-state index is 0.153. The fraction of sp³-hybridized carbons (Fsp3) is 0.636. The lowest BCUT2D eigenvalue weighted by atomic mass is 10.2. The maximum atomic E-state index is 11.3. The summed E-state index contributed by atoms with van der Waals surface area (Å²) in [6, 6.07) is 0. The normalized spacial score (nSPS) is 10.3. The number of aryl methyl sites for hydroxylation is 1. The van der Waals surface area contributed by atoms with Crippen molar-refractivity contribution in [2.24, 2.45) is 0 Å². The highest BCUT2D eigenvalue weighted by Crippen LogP contribution is 1.98. The number of amides is 1. The van der Waals surface area contributed by atoms with Crippen molar-refractivity contribution >= 4 is 21.8 Å². The second kappa shape index (κ2) is 8.33. The molecule has 0 unspecified atom stereocenters. The largest absolute Gasteiger partial charge is 0.356 e. The molecule has 0 aliphatic rings. The van der Waals surface area contributed by atoms with Gasteiger partial charge >= 0.3 is 0 Å². The first-order valence-corrected chi connectivity index (χ1v) is 6.76. The highest BCUT2D eigenvalue weighted by molar-refractivity contribution is 9.09. The van der Waals surface area contributed by atoms with E-state index in [1.807, 2.05) is 6.20 Å². The first-order valence-electron chi connectivity index (χ1n) is 5.64. The Balaban J connectivity index is 1.96. The van der Waals surface area contributed by atoms with Gasteiger partial charge in [0.1, 0.15) is 5.82 Å². The summed E-state index contributed by atoms with van der Waals surface area (Å²) < 4.78 is 0. The molecular formula is C11H18BrN3O. The van der Waals surface area contributed by atoms with E-state index in [2.05, 4.69) is 31.2 Å². The van der Waals surface area contributed by atoms with Crippen LogP contribution in [0.25, 0.3) is 0 Å². The molecule has 0 saturated carbocycles. The highest BCUT2D eigenvalue weighted by atomic mass is 79.9. The molecule has 1 aromatic heterocycles. The summed E-state index contributed by atoms with van der Waals surface area (Å²) in [6.45, 7) is 0.730. The van der Waals surface area contributed by atoms with Gasteiger partial charge in [-0.3, -0.25) is 4.79 Å². The summed E-state index contributed by atoms with van der Waals surface area (Å²) in [5.74, 6) is 1.13.